The number of benzene rings is 2. The van der Waals surface area contributed by atoms with Crippen LogP contribution in [0.4, 0.5) is 10.1 Å². The third-order valence-corrected chi connectivity index (χ3v) is 6.80. The monoisotopic (exact) mass is 479 g/mol. The number of halogens is 1. The molecule has 35 heavy (non-hydrogen) atoms. The van der Waals surface area contributed by atoms with Crippen molar-refractivity contribution in [1.29, 1.82) is 0 Å². The maximum Gasteiger partial charge on any atom is 0.214 e. The summed E-state index contributed by atoms with van der Waals surface area (Å²) < 4.78 is 18.9. The molecule has 0 bridgehead atoms. The van der Waals surface area contributed by atoms with Gasteiger partial charge in [0.25, 0.3) is 0 Å². The first-order valence-electron chi connectivity index (χ1n) is 11.6. The topological polar surface area (TPSA) is 71.4 Å². The Morgan fingerprint density at radius 1 is 1.34 bits per heavy atom. The Bertz CT molecular complexity index is 1160. The SMILES string of the molecule is C=C1N(C(C)c2ccc(F)cc2)CCCC12CC(c1ccc(N(C=O)CC(C)=O)c(OC)c1)=NO2. The highest BCUT2D eigenvalue weighted by molar-refractivity contribution is 6.03. The van der Waals surface area contributed by atoms with Gasteiger partial charge in [0.15, 0.2) is 5.60 Å². The second-order valence-electron chi connectivity index (χ2n) is 9.09. The van der Waals surface area contributed by atoms with Crippen LogP contribution >= 0.6 is 0 Å². The largest absolute Gasteiger partial charge is 0.495 e. The van der Waals surface area contributed by atoms with Gasteiger partial charge in [0, 0.05) is 18.5 Å². The number of anilines is 1. The van der Waals surface area contributed by atoms with Crippen LogP contribution in [-0.4, -0.2) is 48.6 Å². The molecule has 7 nitrogen and oxygen atoms in total. The minimum absolute atomic E-state index is 0.0166. The molecular formula is C27H30FN3O4. The summed E-state index contributed by atoms with van der Waals surface area (Å²) in [6, 6.07) is 12.0. The number of carbonyl (C=O) groups is 2. The van der Waals surface area contributed by atoms with E-state index in [1.54, 1.807) is 24.3 Å². The number of ether oxygens (including phenoxy) is 1. The van der Waals surface area contributed by atoms with Crippen molar-refractivity contribution in [2.45, 2.75) is 44.8 Å². The van der Waals surface area contributed by atoms with Crippen molar-refractivity contribution in [3.05, 3.63) is 71.7 Å². The summed E-state index contributed by atoms with van der Waals surface area (Å²) in [7, 11) is 1.52. The fourth-order valence-corrected chi connectivity index (χ4v) is 4.86. The van der Waals surface area contributed by atoms with Crippen LogP contribution in [-0.2, 0) is 14.4 Å². The summed E-state index contributed by atoms with van der Waals surface area (Å²) in [5, 5.41) is 4.42. The quantitative estimate of drug-likeness (QED) is 0.517. The molecule has 2 aromatic carbocycles. The maximum absolute atomic E-state index is 13.4. The Kier molecular flexibility index (Phi) is 6.91. The zero-order chi connectivity index (χ0) is 25.2. The van der Waals surface area contributed by atoms with Crippen LogP contribution in [0.25, 0.3) is 0 Å². The van der Waals surface area contributed by atoms with Crippen LogP contribution in [0.2, 0.25) is 0 Å². The van der Waals surface area contributed by atoms with Crippen LogP contribution in [0.5, 0.6) is 5.75 Å². The number of hydrogen-bond donors (Lipinski definition) is 0. The lowest BCUT2D eigenvalue weighted by atomic mass is 9.83. The second kappa shape index (κ2) is 9.90. The molecule has 1 saturated heterocycles. The number of piperidine rings is 1. The minimum Gasteiger partial charge on any atom is -0.495 e. The van der Waals surface area contributed by atoms with Crippen LogP contribution in [0.3, 0.4) is 0 Å². The summed E-state index contributed by atoms with van der Waals surface area (Å²) in [6.45, 7) is 8.69. The lowest BCUT2D eigenvalue weighted by Crippen LogP contribution is -2.46. The van der Waals surface area contributed by atoms with Gasteiger partial charge in [-0.2, -0.15) is 0 Å². The van der Waals surface area contributed by atoms with E-state index in [1.165, 1.54) is 31.1 Å². The molecule has 2 aliphatic rings. The summed E-state index contributed by atoms with van der Waals surface area (Å²) in [5.74, 6) is 0.0774. The van der Waals surface area contributed by atoms with E-state index in [0.717, 1.165) is 41.9 Å². The molecule has 8 heteroatoms. The molecule has 4 rings (SSSR count). The van der Waals surface area contributed by atoms with Gasteiger partial charge in [-0.1, -0.05) is 29.9 Å². The number of oxime groups is 1. The van der Waals surface area contributed by atoms with Gasteiger partial charge in [0.2, 0.25) is 6.41 Å². The van der Waals surface area contributed by atoms with E-state index < -0.39 is 5.60 Å². The minimum atomic E-state index is -0.642. The Hall–Kier alpha value is -3.68. The van der Waals surface area contributed by atoms with Gasteiger partial charge >= 0.3 is 0 Å². The van der Waals surface area contributed by atoms with E-state index >= 15 is 0 Å². The number of methoxy groups -OCH3 is 1. The molecule has 2 aromatic rings. The van der Waals surface area contributed by atoms with Crippen molar-refractivity contribution in [2.75, 3.05) is 25.1 Å². The average molecular weight is 480 g/mol. The molecule has 0 aromatic heterocycles. The molecule has 0 radical (unpaired) electrons. The number of amides is 1. The standard InChI is InChI=1S/C27H30FN3O4/c1-18(33)16-30(17-32)25-11-8-22(14-26(25)34-4)24-15-27(35-29-24)12-5-13-31(20(27)3)19(2)21-6-9-23(28)10-7-21/h6-11,14,17,19H,3,5,12-13,15-16H2,1-2,4H3. The van der Waals surface area contributed by atoms with Gasteiger partial charge in [-0.05, 0) is 56.5 Å². The highest BCUT2D eigenvalue weighted by Gasteiger charge is 2.47. The summed E-state index contributed by atoms with van der Waals surface area (Å²) in [4.78, 5) is 32.7. The van der Waals surface area contributed by atoms with Crippen LogP contribution in [0, 0.1) is 5.82 Å². The predicted octanol–water partition coefficient (Wildman–Crippen LogP) is 4.62. The Morgan fingerprint density at radius 2 is 2.09 bits per heavy atom. The molecule has 1 fully saturated rings. The van der Waals surface area contributed by atoms with Crippen molar-refractivity contribution in [3.8, 4) is 5.75 Å². The zero-order valence-electron chi connectivity index (χ0n) is 20.3. The van der Waals surface area contributed by atoms with E-state index in [9.17, 15) is 14.0 Å². The van der Waals surface area contributed by atoms with Crippen molar-refractivity contribution >= 4 is 23.6 Å². The number of nitrogens with zero attached hydrogens (tertiary/aromatic N) is 3. The number of Topliss-reactive ketones (excluding diaryl/α,β-unsaturated/α-hetero) is 1. The predicted molar refractivity (Wildman–Crippen MR) is 132 cm³/mol. The molecule has 2 atom stereocenters. The highest BCUT2D eigenvalue weighted by atomic mass is 19.1. The van der Waals surface area contributed by atoms with E-state index in [4.69, 9.17) is 9.57 Å². The van der Waals surface area contributed by atoms with E-state index in [1.807, 2.05) is 6.07 Å². The molecule has 0 saturated carbocycles. The van der Waals surface area contributed by atoms with Gasteiger partial charge < -0.3 is 19.4 Å². The van der Waals surface area contributed by atoms with Crippen LogP contribution < -0.4 is 9.64 Å². The fourth-order valence-electron chi connectivity index (χ4n) is 4.86. The smallest absolute Gasteiger partial charge is 0.214 e. The highest BCUT2D eigenvalue weighted by Crippen LogP contribution is 2.44. The van der Waals surface area contributed by atoms with Gasteiger partial charge in [-0.25, -0.2) is 4.39 Å². The van der Waals surface area contributed by atoms with Gasteiger partial charge in [-0.15, -0.1) is 0 Å². The Labute approximate surface area is 204 Å². The van der Waals surface area contributed by atoms with Gasteiger partial charge in [0.1, 0.15) is 17.3 Å². The molecule has 0 aliphatic carbocycles. The summed E-state index contributed by atoms with van der Waals surface area (Å²) in [6.07, 6.45) is 2.87. The molecular weight excluding hydrogens is 449 g/mol. The lowest BCUT2D eigenvalue weighted by Gasteiger charge is -2.44. The van der Waals surface area contributed by atoms with E-state index in [0.29, 0.717) is 24.3 Å². The Morgan fingerprint density at radius 3 is 2.74 bits per heavy atom. The van der Waals surface area contributed by atoms with Gasteiger partial charge in [-0.3, -0.25) is 9.59 Å². The molecule has 1 spiro atoms. The fraction of sp³-hybridized carbons (Fsp3) is 0.370. The first-order valence-corrected chi connectivity index (χ1v) is 11.6. The molecule has 184 valence electrons. The molecule has 2 unspecified atom stereocenters. The number of hydrogen-bond acceptors (Lipinski definition) is 6. The zero-order valence-corrected chi connectivity index (χ0v) is 20.3. The number of rotatable bonds is 8. The number of likely N-dealkylation sites (tertiary alicyclic amines) is 1. The average Bonchev–Trinajstić information content (AvgIpc) is 3.29. The number of ketones is 1. The third kappa shape index (κ3) is 4.78. The summed E-state index contributed by atoms with van der Waals surface area (Å²) in [5.41, 5.74) is 3.31. The lowest BCUT2D eigenvalue weighted by molar-refractivity contribution is -0.117. The van der Waals surface area contributed by atoms with Crippen LogP contribution in [0.1, 0.15) is 50.3 Å². The third-order valence-electron chi connectivity index (χ3n) is 6.80. The normalized spacial score (nSPS) is 20.3. The molecule has 1 amide bonds. The van der Waals surface area contributed by atoms with Crippen molar-refractivity contribution in [1.82, 2.24) is 4.90 Å². The van der Waals surface area contributed by atoms with E-state index in [-0.39, 0.29) is 24.2 Å². The Balaban J connectivity index is 1.54. The molecule has 0 N–H and O–H groups in total. The number of carbonyl (C=O) groups excluding carboxylic acids is 2. The van der Waals surface area contributed by atoms with Crippen molar-refractivity contribution < 1.29 is 23.6 Å². The molecule has 2 aliphatic heterocycles. The molecule has 2 heterocycles. The van der Waals surface area contributed by atoms with Gasteiger partial charge in [0.05, 0.1) is 36.8 Å². The summed E-state index contributed by atoms with van der Waals surface area (Å²) >= 11 is 0. The first kappa shape index (κ1) is 24.4. The van der Waals surface area contributed by atoms with Crippen LogP contribution in [0.15, 0.2) is 59.9 Å². The maximum atomic E-state index is 13.4. The van der Waals surface area contributed by atoms with Crippen molar-refractivity contribution in [3.63, 3.8) is 0 Å². The van der Waals surface area contributed by atoms with E-state index in [2.05, 4.69) is 23.6 Å². The van der Waals surface area contributed by atoms with Crippen molar-refractivity contribution in [2.24, 2.45) is 5.16 Å². The first-order chi connectivity index (χ1) is 16.8. The second-order valence-corrected chi connectivity index (χ2v) is 9.09.